The lowest BCUT2D eigenvalue weighted by Gasteiger charge is -2.09. The van der Waals surface area contributed by atoms with Crippen molar-refractivity contribution in [1.82, 2.24) is 5.43 Å². The van der Waals surface area contributed by atoms with Gasteiger partial charge in [-0.1, -0.05) is 6.07 Å². The highest BCUT2D eigenvalue weighted by Gasteiger charge is 2.04. The average molecular weight is 379 g/mol. The summed E-state index contributed by atoms with van der Waals surface area (Å²) < 4.78 is 16.6. The van der Waals surface area contributed by atoms with Crippen LogP contribution >= 0.6 is 15.9 Å². The zero-order chi connectivity index (χ0) is 16.7. The van der Waals surface area contributed by atoms with Crippen molar-refractivity contribution in [3.05, 3.63) is 52.0 Å². The molecule has 0 saturated carbocycles. The Labute approximate surface area is 144 Å². The molecule has 6 heteroatoms. The Bertz CT molecular complexity index is 690. The zero-order valence-corrected chi connectivity index (χ0v) is 14.9. The molecule has 0 amide bonds. The van der Waals surface area contributed by atoms with E-state index in [9.17, 15) is 0 Å². The van der Waals surface area contributed by atoms with E-state index in [0.717, 1.165) is 21.3 Å². The molecule has 5 nitrogen and oxygen atoms in total. The van der Waals surface area contributed by atoms with Gasteiger partial charge in [-0.15, -0.1) is 0 Å². The van der Waals surface area contributed by atoms with Crippen LogP contribution in [0.15, 0.2) is 46.0 Å². The summed E-state index contributed by atoms with van der Waals surface area (Å²) in [6.45, 7) is 0.591. The molecule has 0 unspecified atom stereocenters. The van der Waals surface area contributed by atoms with E-state index in [4.69, 9.17) is 14.2 Å². The Morgan fingerprint density at radius 2 is 1.65 bits per heavy atom. The summed E-state index contributed by atoms with van der Waals surface area (Å²) >= 11 is 3.45. The van der Waals surface area contributed by atoms with E-state index in [-0.39, 0.29) is 0 Å². The Kier molecular flexibility index (Phi) is 6.29. The fraction of sp³-hybridized carbons (Fsp3) is 0.235. The molecule has 2 rings (SSSR count). The minimum absolute atomic E-state index is 0.591. The van der Waals surface area contributed by atoms with Gasteiger partial charge in [-0.2, -0.15) is 5.10 Å². The first kappa shape index (κ1) is 17.1. The van der Waals surface area contributed by atoms with Gasteiger partial charge >= 0.3 is 0 Å². The van der Waals surface area contributed by atoms with Gasteiger partial charge in [-0.05, 0) is 57.4 Å². The van der Waals surface area contributed by atoms with Crippen molar-refractivity contribution < 1.29 is 14.2 Å². The van der Waals surface area contributed by atoms with E-state index in [1.807, 2.05) is 36.4 Å². The molecule has 0 heterocycles. The molecule has 0 aliphatic heterocycles. The van der Waals surface area contributed by atoms with Gasteiger partial charge in [0.1, 0.15) is 5.75 Å². The van der Waals surface area contributed by atoms with Crippen LogP contribution in [0.2, 0.25) is 0 Å². The fourth-order valence-corrected chi connectivity index (χ4v) is 2.57. The quantitative estimate of drug-likeness (QED) is 0.590. The van der Waals surface area contributed by atoms with Crippen LogP contribution in [0.1, 0.15) is 11.1 Å². The third-order valence-corrected chi connectivity index (χ3v) is 3.83. The van der Waals surface area contributed by atoms with Crippen LogP contribution in [0.3, 0.4) is 0 Å². The van der Waals surface area contributed by atoms with Gasteiger partial charge in [-0.3, -0.25) is 0 Å². The standard InChI is InChI=1S/C17H19BrN2O3/c1-21-15-6-4-12(8-14(15)18)10-19-20-11-13-5-7-16(22-2)17(9-13)23-3/h4-10,20H,11H2,1-3H3/b19-10-. The van der Waals surface area contributed by atoms with Gasteiger partial charge in [0.15, 0.2) is 11.5 Å². The molecule has 0 spiro atoms. The average Bonchev–Trinajstić information content (AvgIpc) is 2.58. The largest absolute Gasteiger partial charge is 0.496 e. The topological polar surface area (TPSA) is 52.1 Å². The second-order valence-electron chi connectivity index (χ2n) is 4.68. The van der Waals surface area contributed by atoms with Crippen LogP contribution in [0.4, 0.5) is 0 Å². The number of rotatable bonds is 7. The smallest absolute Gasteiger partial charge is 0.161 e. The zero-order valence-electron chi connectivity index (χ0n) is 13.3. The SMILES string of the molecule is COc1ccc(/C=N\NCc2ccc(OC)c(OC)c2)cc1Br. The Hall–Kier alpha value is -2.21. The van der Waals surface area contributed by atoms with Crippen LogP contribution in [-0.2, 0) is 6.54 Å². The number of ether oxygens (including phenoxy) is 3. The van der Waals surface area contributed by atoms with Gasteiger partial charge in [0.2, 0.25) is 0 Å². The predicted molar refractivity (Wildman–Crippen MR) is 94.7 cm³/mol. The van der Waals surface area contributed by atoms with E-state index in [1.54, 1.807) is 27.5 Å². The number of methoxy groups -OCH3 is 3. The van der Waals surface area contributed by atoms with Crippen LogP contribution in [0.25, 0.3) is 0 Å². The lowest BCUT2D eigenvalue weighted by molar-refractivity contribution is 0.354. The maximum atomic E-state index is 5.28. The second kappa shape index (κ2) is 8.43. The van der Waals surface area contributed by atoms with E-state index in [2.05, 4.69) is 26.5 Å². The highest BCUT2D eigenvalue weighted by Crippen LogP contribution is 2.27. The normalized spacial score (nSPS) is 10.6. The van der Waals surface area contributed by atoms with Gasteiger partial charge < -0.3 is 19.6 Å². The third kappa shape index (κ3) is 4.63. The monoisotopic (exact) mass is 378 g/mol. The van der Waals surface area contributed by atoms with E-state index in [0.29, 0.717) is 18.0 Å². The number of hydrogen-bond donors (Lipinski definition) is 1. The first-order valence-electron chi connectivity index (χ1n) is 6.98. The van der Waals surface area contributed by atoms with Gasteiger partial charge in [0.25, 0.3) is 0 Å². The van der Waals surface area contributed by atoms with Gasteiger partial charge in [0, 0.05) is 0 Å². The van der Waals surface area contributed by atoms with Crippen molar-refractivity contribution in [2.75, 3.05) is 21.3 Å². The van der Waals surface area contributed by atoms with Crippen molar-refractivity contribution in [3.8, 4) is 17.2 Å². The molecule has 0 atom stereocenters. The lowest BCUT2D eigenvalue weighted by atomic mass is 10.2. The van der Waals surface area contributed by atoms with Crippen LogP contribution in [0.5, 0.6) is 17.2 Å². The van der Waals surface area contributed by atoms with E-state index < -0.39 is 0 Å². The Balaban J connectivity index is 1.95. The number of halogens is 1. The minimum Gasteiger partial charge on any atom is -0.496 e. The summed E-state index contributed by atoms with van der Waals surface area (Å²) in [5, 5.41) is 4.22. The first-order valence-corrected chi connectivity index (χ1v) is 7.77. The van der Waals surface area contributed by atoms with Crippen molar-refractivity contribution >= 4 is 22.1 Å². The molecule has 122 valence electrons. The molecule has 2 aromatic carbocycles. The number of nitrogens with zero attached hydrogens (tertiary/aromatic N) is 1. The maximum absolute atomic E-state index is 5.28. The number of nitrogens with one attached hydrogen (secondary N) is 1. The molecular weight excluding hydrogens is 360 g/mol. The van der Waals surface area contributed by atoms with Crippen molar-refractivity contribution in [2.45, 2.75) is 6.54 Å². The first-order chi connectivity index (χ1) is 11.2. The number of benzene rings is 2. The molecule has 0 aliphatic carbocycles. The summed E-state index contributed by atoms with van der Waals surface area (Å²) in [5.41, 5.74) is 5.04. The fourth-order valence-electron chi connectivity index (χ4n) is 2.01. The summed E-state index contributed by atoms with van der Waals surface area (Å²) in [6.07, 6.45) is 1.75. The summed E-state index contributed by atoms with van der Waals surface area (Å²) in [4.78, 5) is 0. The Morgan fingerprint density at radius 3 is 2.30 bits per heavy atom. The number of hydrogen-bond acceptors (Lipinski definition) is 5. The molecule has 1 N–H and O–H groups in total. The predicted octanol–water partition coefficient (Wildman–Crippen LogP) is 3.60. The van der Waals surface area contributed by atoms with Crippen LogP contribution in [-0.4, -0.2) is 27.5 Å². The lowest BCUT2D eigenvalue weighted by Crippen LogP contribution is -2.06. The second-order valence-corrected chi connectivity index (χ2v) is 5.53. The van der Waals surface area contributed by atoms with E-state index in [1.165, 1.54) is 0 Å². The third-order valence-electron chi connectivity index (χ3n) is 3.21. The molecule has 0 fully saturated rings. The number of hydrazone groups is 1. The van der Waals surface area contributed by atoms with Crippen molar-refractivity contribution in [3.63, 3.8) is 0 Å². The summed E-state index contributed by atoms with van der Waals surface area (Å²) in [7, 11) is 4.88. The molecular formula is C17H19BrN2O3. The summed E-state index contributed by atoms with van der Waals surface area (Å²) in [6, 6.07) is 11.5. The molecule has 0 saturated heterocycles. The van der Waals surface area contributed by atoms with Crippen molar-refractivity contribution in [2.24, 2.45) is 5.10 Å². The summed E-state index contributed by atoms with van der Waals surface area (Å²) in [5.74, 6) is 2.21. The van der Waals surface area contributed by atoms with Crippen LogP contribution < -0.4 is 19.6 Å². The molecule has 2 aromatic rings. The Morgan fingerprint density at radius 1 is 0.957 bits per heavy atom. The molecule has 0 radical (unpaired) electrons. The molecule has 0 aromatic heterocycles. The highest BCUT2D eigenvalue weighted by atomic mass is 79.9. The highest BCUT2D eigenvalue weighted by molar-refractivity contribution is 9.10. The molecule has 0 bridgehead atoms. The van der Waals surface area contributed by atoms with Crippen LogP contribution in [0, 0.1) is 0 Å². The van der Waals surface area contributed by atoms with Crippen molar-refractivity contribution in [1.29, 1.82) is 0 Å². The molecule has 23 heavy (non-hydrogen) atoms. The minimum atomic E-state index is 0.591. The van der Waals surface area contributed by atoms with Gasteiger partial charge in [-0.25, -0.2) is 0 Å². The van der Waals surface area contributed by atoms with Gasteiger partial charge in [0.05, 0.1) is 38.6 Å². The molecule has 0 aliphatic rings. The maximum Gasteiger partial charge on any atom is 0.161 e. The van der Waals surface area contributed by atoms with E-state index >= 15 is 0 Å².